The van der Waals surface area contributed by atoms with Crippen LogP contribution in [0.25, 0.3) is 0 Å². The fraction of sp³-hybridized carbons (Fsp3) is 0.154. The summed E-state index contributed by atoms with van der Waals surface area (Å²) in [6.07, 6.45) is 1.62. The molecule has 0 spiro atoms. The van der Waals surface area contributed by atoms with E-state index in [0.29, 0.717) is 18.2 Å². The van der Waals surface area contributed by atoms with Crippen molar-refractivity contribution in [3.8, 4) is 5.75 Å². The molecule has 1 aromatic carbocycles. The molecule has 0 unspecified atom stereocenters. The van der Waals surface area contributed by atoms with E-state index in [-0.39, 0.29) is 6.79 Å². The van der Waals surface area contributed by atoms with Crippen molar-refractivity contribution in [1.82, 2.24) is 4.98 Å². The molecule has 0 aliphatic rings. The van der Waals surface area contributed by atoms with Crippen LogP contribution in [-0.4, -0.2) is 11.8 Å². The van der Waals surface area contributed by atoms with Crippen molar-refractivity contribution in [2.75, 3.05) is 12.5 Å². The largest absolute Gasteiger partial charge is 0.464 e. The van der Waals surface area contributed by atoms with Crippen LogP contribution in [0.3, 0.4) is 0 Å². The number of rotatable bonds is 5. The van der Waals surface area contributed by atoms with Gasteiger partial charge in [-0.3, -0.25) is 0 Å². The molecule has 0 aliphatic carbocycles. The van der Waals surface area contributed by atoms with Gasteiger partial charge in [0.05, 0.1) is 6.61 Å². The van der Waals surface area contributed by atoms with Crippen LogP contribution < -0.4 is 10.5 Å². The highest BCUT2D eigenvalue weighted by molar-refractivity contribution is 5.44. The predicted octanol–water partition coefficient (Wildman–Crippen LogP) is 2.22. The summed E-state index contributed by atoms with van der Waals surface area (Å²) in [6.45, 7) is 0.672. The summed E-state index contributed by atoms with van der Waals surface area (Å²) in [4.78, 5) is 3.91. The predicted molar refractivity (Wildman–Crippen MR) is 65.4 cm³/mol. The number of hydrogen-bond donors (Lipinski definition) is 1. The fourth-order valence-corrected chi connectivity index (χ4v) is 1.36. The number of pyridine rings is 1. The third-order valence-electron chi connectivity index (χ3n) is 2.21. The second-order valence-corrected chi connectivity index (χ2v) is 3.48. The maximum absolute atomic E-state index is 5.62. The Morgan fingerprint density at radius 3 is 2.65 bits per heavy atom. The average Bonchev–Trinajstić information content (AvgIpc) is 2.38. The normalized spacial score (nSPS) is 10.1. The molecule has 2 N–H and O–H groups in total. The molecular formula is C13H14N2O2. The van der Waals surface area contributed by atoms with Gasteiger partial charge < -0.3 is 15.2 Å². The van der Waals surface area contributed by atoms with Gasteiger partial charge >= 0.3 is 0 Å². The molecule has 1 aromatic heterocycles. The molecule has 0 atom stereocenters. The van der Waals surface area contributed by atoms with Crippen molar-refractivity contribution in [2.45, 2.75) is 6.61 Å². The van der Waals surface area contributed by atoms with E-state index in [4.69, 9.17) is 15.2 Å². The Labute approximate surface area is 100 Å². The van der Waals surface area contributed by atoms with Crippen LogP contribution in [0.5, 0.6) is 5.75 Å². The lowest BCUT2D eigenvalue weighted by Gasteiger charge is -2.08. The molecule has 2 rings (SSSR count). The highest BCUT2D eigenvalue weighted by atomic mass is 16.7. The molecule has 4 heteroatoms. The maximum Gasteiger partial charge on any atom is 0.189 e. The van der Waals surface area contributed by atoms with Crippen LogP contribution in [0.15, 0.2) is 48.7 Å². The lowest BCUT2D eigenvalue weighted by Crippen LogP contribution is -2.05. The monoisotopic (exact) mass is 230 g/mol. The molecule has 0 saturated heterocycles. The zero-order chi connectivity index (χ0) is 11.9. The number of hydrogen-bond acceptors (Lipinski definition) is 4. The SMILES string of the molecule is Nc1ncccc1OCOCc1ccccc1. The minimum Gasteiger partial charge on any atom is -0.464 e. The number of anilines is 1. The molecular weight excluding hydrogens is 216 g/mol. The van der Waals surface area contributed by atoms with E-state index < -0.39 is 0 Å². The van der Waals surface area contributed by atoms with Gasteiger partial charge in [0.15, 0.2) is 18.4 Å². The van der Waals surface area contributed by atoms with Gasteiger partial charge in [0.2, 0.25) is 0 Å². The summed E-state index contributed by atoms with van der Waals surface area (Å²) in [6, 6.07) is 13.4. The quantitative estimate of drug-likeness (QED) is 0.632. The topological polar surface area (TPSA) is 57.4 Å². The summed E-state index contributed by atoms with van der Waals surface area (Å²) in [5.41, 5.74) is 6.73. The summed E-state index contributed by atoms with van der Waals surface area (Å²) in [7, 11) is 0. The molecule has 0 amide bonds. The number of nitrogens with two attached hydrogens (primary N) is 1. The maximum atomic E-state index is 5.62. The Balaban J connectivity index is 1.76. The lowest BCUT2D eigenvalue weighted by molar-refractivity contribution is 0.00531. The van der Waals surface area contributed by atoms with Crippen LogP contribution in [-0.2, 0) is 11.3 Å². The van der Waals surface area contributed by atoms with E-state index >= 15 is 0 Å². The van der Waals surface area contributed by atoms with E-state index in [2.05, 4.69) is 4.98 Å². The van der Waals surface area contributed by atoms with Gasteiger partial charge in [-0.05, 0) is 17.7 Å². The first-order chi connectivity index (χ1) is 8.36. The van der Waals surface area contributed by atoms with Gasteiger partial charge in [-0.25, -0.2) is 4.98 Å². The van der Waals surface area contributed by atoms with Gasteiger partial charge in [-0.2, -0.15) is 0 Å². The third-order valence-corrected chi connectivity index (χ3v) is 2.21. The van der Waals surface area contributed by atoms with Crippen molar-refractivity contribution >= 4 is 5.82 Å². The first kappa shape index (κ1) is 11.4. The number of benzene rings is 1. The molecule has 1 heterocycles. The zero-order valence-corrected chi connectivity index (χ0v) is 9.37. The Kier molecular flexibility index (Phi) is 3.94. The smallest absolute Gasteiger partial charge is 0.189 e. The summed E-state index contributed by atoms with van der Waals surface area (Å²) in [5.74, 6) is 0.913. The van der Waals surface area contributed by atoms with E-state index in [1.54, 1.807) is 18.3 Å². The molecule has 88 valence electrons. The van der Waals surface area contributed by atoms with Crippen LogP contribution in [0.2, 0.25) is 0 Å². The molecule has 17 heavy (non-hydrogen) atoms. The van der Waals surface area contributed by atoms with Crippen molar-refractivity contribution in [2.24, 2.45) is 0 Å². The average molecular weight is 230 g/mol. The van der Waals surface area contributed by atoms with Crippen LogP contribution >= 0.6 is 0 Å². The summed E-state index contributed by atoms with van der Waals surface area (Å²) < 4.78 is 10.7. The first-order valence-corrected chi connectivity index (χ1v) is 5.31. The second kappa shape index (κ2) is 5.86. The third kappa shape index (κ3) is 3.46. The van der Waals surface area contributed by atoms with Crippen LogP contribution in [0.1, 0.15) is 5.56 Å². The van der Waals surface area contributed by atoms with Gasteiger partial charge in [0.25, 0.3) is 0 Å². The lowest BCUT2D eigenvalue weighted by atomic mass is 10.2. The second-order valence-electron chi connectivity index (χ2n) is 3.48. The van der Waals surface area contributed by atoms with Crippen molar-refractivity contribution < 1.29 is 9.47 Å². The number of ether oxygens (including phenoxy) is 2. The van der Waals surface area contributed by atoms with Crippen LogP contribution in [0.4, 0.5) is 5.82 Å². The fourth-order valence-electron chi connectivity index (χ4n) is 1.36. The molecule has 0 bridgehead atoms. The minimum atomic E-state index is 0.158. The molecule has 0 fully saturated rings. The summed E-state index contributed by atoms with van der Waals surface area (Å²) in [5, 5.41) is 0. The van der Waals surface area contributed by atoms with Crippen LogP contribution in [0, 0.1) is 0 Å². The Bertz CT molecular complexity index is 460. The highest BCUT2D eigenvalue weighted by Crippen LogP contribution is 2.16. The van der Waals surface area contributed by atoms with Gasteiger partial charge in [0, 0.05) is 6.20 Å². The molecule has 0 aliphatic heterocycles. The van der Waals surface area contributed by atoms with Crippen molar-refractivity contribution in [3.05, 3.63) is 54.2 Å². The van der Waals surface area contributed by atoms with Crippen molar-refractivity contribution in [3.63, 3.8) is 0 Å². The standard InChI is InChI=1S/C13H14N2O2/c14-13-12(7-4-8-15-13)17-10-16-9-11-5-2-1-3-6-11/h1-8H,9-10H2,(H2,14,15). The Morgan fingerprint density at radius 1 is 1.06 bits per heavy atom. The molecule has 2 aromatic rings. The zero-order valence-electron chi connectivity index (χ0n) is 9.37. The first-order valence-electron chi connectivity index (χ1n) is 5.31. The molecule has 0 saturated carbocycles. The molecule has 4 nitrogen and oxygen atoms in total. The Hall–Kier alpha value is -2.07. The van der Waals surface area contributed by atoms with Gasteiger partial charge in [-0.15, -0.1) is 0 Å². The van der Waals surface area contributed by atoms with Crippen molar-refractivity contribution in [1.29, 1.82) is 0 Å². The molecule has 0 radical (unpaired) electrons. The van der Waals surface area contributed by atoms with E-state index in [9.17, 15) is 0 Å². The minimum absolute atomic E-state index is 0.158. The van der Waals surface area contributed by atoms with E-state index in [1.165, 1.54) is 0 Å². The van der Waals surface area contributed by atoms with E-state index in [1.807, 2.05) is 30.3 Å². The Morgan fingerprint density at radius 2 is 1.88 bits per heavy atom. The number of nitrogen functional groups attached to an aromatic ring is 1. The summed E-state index contributed by atoms with van der Waals surface area (Å²) >= 11 is 0. The number of nitrogens with zero attached hydrogens (tertiary/aromatic N) is 1. The van der Waals surface area contributed by atoms with E-state index in [0.717, 1.165) is 5.56 Å². The number of aromatic nitrogens is 1. The van der Waals surface area contributed by atoms with Gasteiger partial charge in [-0.1, -0.05) is 30.3 Å². The van der Waals surface area contributed by atoms with Gasteiger partial charge in [0.1, 0.15) is 0 Å². The highest BCUT2D eigenvalue weighted by Gasteiger charge is 1.99.